The number of carbonyl (C=O) groups is 1. The number of amides is 1. The summed E-state index contributed by atoms with van der Waals surface area (Å²) < 4.78 is 11.0. The molecule has 1 aromatic carbocycles. The van der Waals surface area contributed by atoms with E-state index in [2.05, 4.69) is 22.6 Å². The SMILES string of the molecule is Cc1noc(C)c1CN(C)CC(=O)NCCCOC(C)c1ccccc1. The van der Waals surface area contributed by atoms with Crippen molar-refractivity contribution in [3.05, 3.63) is 52.9 Å². The Morgan fingerprint density at radius 2 is 2.04 bits per heavy atom. The van der Waals surface area contributed by atoms with Crippen LogP contribution in [0.25, 0.3) is 0 Å². The molecule has 1 heterocycles. The molecule has 26 heavy (non-hydrogen) atoms. The summed E-state index contributed by atoms with van der Waals surface area (Å²) in [7, 11) is 1.91. The second kappa shape index (κ2) is 10.1. The number of aromatic nitrogens is 1. The van der Waals surface area contributed by atoms with Gasteiger partial charge in [0.25, 0.3) is 0 Å². The van der Waals surface area contributed by atoms with Gasteiger partial charge in [0.15, 0.2) is 0 Å². The maximum atomic E-state index is 12.0. The Hall–Kier alpha value is -2.18. The van der Waals surface area contributed by atoms with E-state index in [1.165, 1.54) is 0 Å². The van der Waals surface area contributed by atoms with E-state index in [-0.39, 0.29) is 12.0 Å². The van der Waals surface area contributed by atoms with E-state index in [1.54, 1.807) is 0 Å². The highest BCUT2D eigenvalue weighted by Gasteiger charge is 2.13. The lowest BCUT2D eigenvalue weighted by Crippen LogP contribution is -2.35. The minimum atomic E-state index is 0.00960. The van der Waals surface area contributed by atoms with Gasteiger partial charge in [0, 0.05) is 25.3 Å². The quantitative estimate of drug-likeness (QED) is 0.661. The molecule has 6 heteroatoms. The minimum absolute atomic E-state index is 0.00960. The Morgan fingerprint density at radius 3 is 2.69 bits per heavy atom. The van der Waals surface area contributed by atoms with Crippen LogP contribution in [-0.2, 0) is 16.1 Å². The summed E-state index contributed by atoms with van der Waals surface area (Å²) in [6.45, 7) is 8.05. The van der Waals surface area contributed by atoms with Crippen molar-refractivity contribution in [1.29, 1.82) is 0 Å². The molecule has 0 aliphatic rings. The zero-order chi connectivity index (χ0) is 18.9. The summed E-state index contributed by atoms with van der Waals surface area (Å²) in [5, 5.41) is 6.87. The van der Waals surface area contributed by atoms with E-state index >= 15 is 0 Å². The standard InChI is InChI=1S/C20H29N3O3/c1-15-19(17(3)26-22-15)13-23(4)14-20(24)21-11-8-12-25-16(2)18-9-6-5-7-10-18/h5-7,9-10,16H,8,11-14H2,1-4H3,(H,21,24). The molecule has 0 fully saturated rings. The maximum Gasteiger partial charge on any atom is 0.234 e. The fraction of sp³-hybridized carbons (Fsp3) is 0.500. The Labute approximate surface area is 155 Å². The van der Waals surface area contributed by atoms with Crippen LogP contribution < -0.4 is 5.32 Å². The summed E-state index contributed by atoms with van der Waals surface area (Å²) in [6, 6.07) is 10.1. The second-order valence-electron chi connectivity index (χ2n) is 6.60. The van der Waals surface area contributed by atoms with Crippen molar-refractivity contribution in [2.24, 2.45) is 0 Å². The summed E-state index contributed by atoms with van der Waals surface area (Å²) in [6.07, 6.45) is 0.851. The highest BCUT2D eigenvalue weighted by molar-refractivity contribution is 5.77. The van der Waals surface area contributed by atoms with Gasteiger partial charge >= 0.3 is 0 Å². The number of nitrogens with one attached hydrogen (secondary N) is 1. The lowest BCUT2D eigenvalue weighted by atomic mass is 10.1. The van der Waals surface area contributed by atoms with Gasteiger partial charge < -0.3 is 14.6 Å². The van der Waals surface area contributed by atoms with E-state index in [0.717, 1.165) is 29.0 Å². The summed E-state index contributed by atoms with van der Waals surface area (Å²) in [5.41, 5.74) is 3.08. The van der Waals surface area contributed by atoms with Gasteiger partial charge in [0.05, 0.1) is 18.3 Å². The van der Waals surface area contributed by atoms with Gasteiger partial charge in [0.1, 0.15) is 5.76 Å². The largest absolute Gasteiger partial charge is 0.374 e. The smallest absolute Gasteiger partial charge is 0.234 e. The molecule has 1 atom stereocenters. The number of nitrogens with zero attached hydrogens (tertiary/aromatic N) is 2. The molecule has 0 aliphatic heterocycles. The predicted molar refractivity (Wildman–Crippen MR) is 101 cm³/mol. The molecule has 6 nitrogen and oxygen atoms in total. The third kappa shape index (κ3) is 6.28. The van der Waals surface area contributed by atoms with Crippen LogP contribution in [0.3, 0.4) is 0 Å². The molecule has 1 aromatic heterocycles. The van der Waals surface area contributed by atoms with Crippen molar-refractivity contribution in [2.45, 2.75) is 39.8 Å². The molecule has 142 valence electrons. The molecule has 1 amide bonds. The number of ether oxygens (including phenoxy) is 1. The Balaban J connectivity index is 1.60. The second-order valence-corrected chi connectivity index (χ2v) is 6.60. The molecular weight excluding hydrogens is 330 g/mol. The third-order valence-electron chi connectivity index (χ3n) is 4.30. The fourth-order valence-corrected chi connectivity index (χ4v) is 2.73. The lowest BCUT2D eigenvalue weighted by molar-refractivity contribution is -0.122. The van der Waals surface area contributed by atoms with E-state index < -0.39 is 0 Å². The number of aryl methyl sites for hydroxylation is 2. The molecule has 0 saturated heterocycles. The van der Waals surface area contributed by atoms with Crippen LogP contribution in [0.1, 0.15) is 42.0 Å². The third-order valence-corrected chi connectivity index (χ3v) is 4.30. The number of hydrogen-bond acceptors (Lipinski definition) is 5. The molecule has 1 N–H and O–H groups in total. The van der Waals surface area contributed by atoms with Crippen LogP contribution in [-0.4, -0.2) is 42.7 Å². The van der Waals surface area contributed by atoms with Crippen LogP contribution in [0, 0.1) is 13.8 Å². The monoisotopic (exact) mass is 359 g/mol. The highest BCUT2D eigenvalue weighted by Crippen LogP contribution is 2.16. The van der Waals surface area contributed by atoms with Gasteiger partial charge in [-0.3, -0.25) is 9.69 Å². The molecule has 1 unspecified atom stereocenters. The van der Waals surface area contributed by atoms with Crippen LogP contribution >= 0.6 is 0 Å². The first-order chi connectivity index (χ1) is 12.5. The average Bonchev–Trinajstić information content (AvgIpc) is 2.94. The molecule has 2 aromatic rings. The Bertz CT molecular complexity index is 665. The van der Waals surface area contributed by atoms with Crippen LogP contribution in [0.15, 0.2) is 34.9 Å². The topological polar surface area (TPSA) is 67.6 Å². The molecule has 0 spiro atoms. The van der Waals surface area contributed by atoms with Crippen LogP contribution in [0.2, 0.25) is 0 Å². The molecule has 0 aliphatic carbocycles. The van der Waals surface area contributed by atoms with E-state index in [9.17, 15) is 4.79 Å². The van der Waals surface area contributed by atoms with Gasteiger partial charge in [-0.2, -0.15) is 0 Å². The Morgan fingerprint density at radius 1 is 1.31 bits per heavy atom. The summed E-state index contributed by atoms with van der Waals surface area (Å²) >= 11 is 0. The van der Waals surface area contributed by atoms with Gasteiger partial charge in [-0.1, -0.05) is 35.5 Å². The van der Waals surface area contributed by atoms with Crippen LogP contribution in [0.5, 0.6) is 0 Å². The van der Waals surface area contributed by atoms with Crippen LogP contribution in [0.4, 0.5) is 0 Å². The normalized spacial score (nSPS) is 12.3. The first-order valence-electron chi connectivity index (χ1n) is 9.01. The van der Waals surface area contributed by atoms with Gasteiger partial charge in [-0.15, -0.1) is 0 Å². The van der Waals surface area contributed by atoms with Gasteiger partial charge in [-0.25, -0.2) is 0 Å². The lowest BCUT2D eigenvalue weighted by Gasteiger charge is -2.16. The molecule has 0 bridgehead atoms. The maximum absolute atomic E-state index is 12.0. The van der Waals surface area contributed by atoms with E-state index in [1.807, 2.05) is 50.9 Å². The van der Waals surface area contributed by atoms with Crippen molar-refractivity contribution in [3.63, 3.8) is 0 Å². The van der Waals surface area contributed by atoms with Crippen molar-refractivity contribution in [1.82, 2.24) is 15.4 Å². The zero-order valence-corrected chi connectivity index (χ0v) is 16.1. The number of benzene rings is 1. The minimum Gasteiger partial charge on any atom is -0.374 e. The fourth-order valence-electron chi connectivity index (χ4n) is 2.73. The zero-order valence-electron chi connectivity index (χ0n) is 16.1. The van der Waals surface area contributed by atoms with Crippen molar-refractivity contribution in [2.75, 3.05) is 26.7 Å². The van der Waals surface area contributed by atoms with Gasteiger partial charge in [0.2, 0.25) is 5.91 Å². The number of rotatable bonds is 10. The molecule has 0 saturated carbocycles. The average molecular weight is 359 g/mol. The highest BCUT2D eigenvalue weighted by atomic mass is 16.5. The first-order valence-corrected chi connectivity index (χ1v) is 9.01. The summed E-state index contributed by atoms with van der Waals surface area (Å²) in [5.74, 6) is 0.815. The number of hydrogen-bond donors (Lipinski definition) is 1. The van der Waals surface area contributed by atoms with Crippen molar-refractivity contribution < 1.29 is 14.1 Å². The molecule has 0 radical (unpaired) electrons. The predicted octanol–water partition coefficient (Wildman–Crippen LogP) is 3.01. The van der Waals surface area contributed by atoms with Crippen molar-refractivity contribution in [3.8, 4) is 0 Å². The van der Waals surface area contributed by atoms with E-state index in [0.29, 0.717) is 26.2 Å². The number of carbonyl (C=O) groups excluding carboxylic acids is 1. The number of likely N-dealkylation sites (N-methyl/N-ethyl adjacent to an activating group) is 1. The van der Waals surface area contributed by atoms with Crippen molar-refractivity contribution >= 4 is 5.91 Å². The Kier molecular flexibility index (Phi) is 7.81. The van der Waals surface area contributed by atoms with Gasteiger partial charge in [-0.05, 0) is 39.8 Å². The summed E-state index contributed by atoms with van der Waals surface area (Å²) in [4.78, 5) is 14.0. The molecular formula is C20H29N3O3. The molecule has 2 rings (SSSR count). The first kappa shape index (κ1) is 20.1. The van der Waals surface area contributed by atoms with E-state index in [4.69, 9.17) is 9.26 Å².